The molecule has 5 heteroatoms. The first-order valence-corrected chi connectivity index (χ1v) is 8.96. The fraction of sp³-hybridized carbons (Fsp3) is 0.0870. The third-order valence-electron chi connectivity index (χ3n) is 4.43. The third-order valence-corrected chi connectivity index (χ3v) is 4.43. The summed E-state index contributed by atoms with van der Waals surface area (Å²) in [6.07, 6.45) is 0. The second kappa shape index (κ2) is 7.48. The lowest BCUT2D eigenvalue weighted by Gasteiger charge is -2.11. The molecule has 0 fully saturated rings. The predicted octanol–water partition coefficient (Wildman–Crippen LogP) is 4.95. The molecule has 0 atom stereocenters. The number of fused-ring (bicyclic) bond motifs is 1. The molecule has 3 aromatic carbocycles. The molecule has 140 valence electrons. The zero-order valence-corrected chi connectivity index (χ0v) is 15.4. The van der Waals surface area contributed by atoms with Crippen LogP contribution in [0.1, 0.15) is 21.6 Å². The highest BCUT2D eigenvalue weighted by molar-refractivity contribution is 5.99. The molecule has 0 aliphatic carbocycles. The van der Waals surface area contributed by atoms with Crippen molar-refractivity contribution in [3.8, 4) is 17.2 Å². The number of aromatic nitrogens is 1. The van der Waals surface area contributed by atoms with Crippen LogP contribution in [-0.4, -0.2) is 10.9 Å². The van der Waals surface area contributed by atoms with Gasteiger partial charge >= 0.3 is 0 Å². The van der Waals surface area contributed by atoms with Gasteiger partial charge in [0.2, 0.25) is 0 Å². The minimum Gasteiger partial charge on any atom is -0.487 e. The van der Waals surface area contributed by atoms with Crippen molar-refractivity contribution in [2.45, 2.75) is 13.5 Å². The summed E-state index contributed by atoms with van der Waals surface area (Å²) in [5.41, 5.74) is 8.66. The molecule has 4 rings (SSSR count). The Morgan fingerprint density at radius 1 is 0.964 bits per heavy atom. The minimum atomic E-state index is -0.522. The molecule has 1 amide bonds. The number of rotatable bonds is 6. The maximum absolute atomic E-state index is 11.6. The van der Waals surface area contributed by atoms with Crippen molar-refractivity contribution in [2.24, 2.45) is 5.73 Å². The number of primary amides is 1. The van der Waals surface area contributed by atoms with E-state index in [0.29, 0.717) is 29.3 Å². The smallest absolute Gasteiger partial charge is 0.265 e. The summed E-state index contributed by atoms with van der Waals surface area (Å²) in [5, 5.41) is 0.793. The molecule has 28 heavy (non-hydrogen) atoms. The number of ether oxygens (including phenoxy) is 2. The fourth-order valence-corrected chi connectivity index (χ4v) is 2.97. The van der Waals surface area contributed by atoms with E-state index in [0.717, 1.165) is 22.3 Å². The van der Waals surface area contributed by atoms with Gasteiger partial charge in [0.05, 0.1) is 5.52 Å². The first-order valence-electron chi connectivity index (χ1n) is 8.96. The number of hydrogen-bond acceptors (Lipinski definition) is 3. The molecular weight excluding hydrogens is 352 g/mol. The van der Waals surface area contributed by atoms with Gasteiger partial charge < -0.3 is 20.2 Å². The van der Waals surface area contributed by atoms with E-state index in [1.165, 1.54) is 0 Å². The SMILES string of the molecule is Cc1ccc(Oc2cc(OCc3ccccc3)c3[nH]c(C(N)=O)cc3c2)cc1. The topological polar surface area (TPSA) is 77.3 Å². The molecule has 0 bridgehead atoms. The number of amides is 1. The first kappa shape index (κ1) is 17.7. The number of hydrogen-bond donors (Lipinski definition) is 2. The van der Waals surface area contributed by atoms with Gasteiger partial charge in [0.25, 0.3) is 5.91 Å². The Morgan fingerprint density at radius 2 is 1.71 bits per heavy atom. The molecule has 0 aliphatic heterocycles. The van der Waals surface area contributed by atoms with Crippen LogP contribution in [0.5, 0.6) is 17.2 Å². The highest BCUT2D eigenvalue weighted by atomic mass is 16.5. The lowest BCUT2D eigenvalue weighted by Crippen LogP contribution is -2.10. The van der Waals surface area contributed by atoms with E-state index < -0.39 is 5.91 Å². The van der Waals surface area contributed by atoms with E-state index in [-0.39, 0.29) is 0 Å². The maximum atomic E-state index is 11.6. The molecule has 1 heterocycles. The van der Waals surface area contributed by atoms with Crippen LogP contribution in [0.4, 0.5) is 0 Å². The minimum absolute atomic E-state index is 0.326. The lowest BCUT2D eigenvalue weighted by molar-refractivity contribution is 0.0996. The summed E-state index contributed by atoms with van der Waals surface area (Å²) < 4.78 is 12.0. The Hall–Kier alpha value is -3.73. The van der Waals surface area contributed by atoms with Crippen LogP contribution in [0, 0.1) is 6.92 Å². The highest BCUT2D eigenvalue weighted by Gasteiger charge is 2.13. The number of benzene rings is 3. The van der Waals surface area contributed by atoms with Gasteiger partial charge in [-0.15, -0.1) is 0 Å². The van der Waals surface area contributed by atoms with Crippen LogP contribution < -0.4 is 15.2 Å². The van der Waals surface area contributed by atoms with Crippen molar-refractivity contribution in [1.29, 1.82) is 0 Å². The second-order valence-corrected chi connectivity index (χ2v) is 6.62. The van der Waals surface area contributed by atoms with Gasteiger partial charge in [-0.05, 0) is 36.8 Å². The van der Waals surface area contributed by atoms with Crippen LogP contribution in [0.2, 0.25) is 0 Å². The van der Waals surface area contributed by atoms with Crippen molar-refractivity contribution in [3.05, 3.63) is 89.6 Å². The Kier molecular flexibility index (Phi) is 4.72. The molecule has 0 saturated carbocycles. The van der Waals surface area contributed by atoms with E-state index >= 15 is 0 Å². The fourth-order valence-electron chi connectivity index (χ4n) is 2.97. The Morgan fingerprint density at radius 3 is 2.43 bits per heavy atom. The van der Waals surface area contributed by atoms with Gasteiger partial charge in [-0.3, -0.25) is 4.79 Å². The van der Waals surface area contributed by atoms with Crippen LogP contribution in [-0.2, 0) is 6.61 Å². The molecular formula is C23H20N2O3. The Bertz CT molecular complexity index is 1120. The monoisotopic (exact) mass is 372 g/mol. The van der Waals surface area contributed by atoms with E-state index in [4.69, 9.17) is 15.2 Å². The van der Waals surface area contributed by atoms with Gasteiger partial charge in [-0.25, -0.2) is 0 Å². The quantitative estimate of drug-likeness (QED) is 0.503. The largest absolute Gasteiger partial charge is 0.487 e. The van der Waals surface area contributed by atoms with E-state index in [2.05, 4.69) is 4.98 Å². The van der Waals surface area contributed by atoms with E-state index in [1.54, 1.807) is 6.07 Å². The summed E-state index contributed by atoms with van der Waals surface area (Å²) in [6, 6.07) is 23.0. The van der Waals surface area contributed by atoms with Crippen molar-refractivity contribution >= 4 is 16.8 Å². The summed E-state index contributed by atoms with van der Waals surface area (Å²) in [6.45, 7) is 2.42. The summed E-state index contributed by atoms with van der Waals surface area (Å²) in [4.78, 5) is 14.6. The standard InChI is InChI=1S/C23H20N2O3/c1-15-7-9-18(10-8-15)28-19-11-17-12-20(23(24)26)25-22(17)21(13-19)27-14-16-5-3-2-4-6-16/h2-13,25H,14H2,1H3,(H2,24,26). The number of nitrogens with two attached hydrogens (primary N) is 1. The molecule has 3 N–H and O–H groups in total. The van der Waals surface area contributed by atoms with Gasteiger partial charge in [0, 0.05) is 11.5 Å². The number of nitrogens with one attached hydrogen (secondary N) is 1. The van der Waals surface area contributed by atoms with Crippen molar-refractivity contribution in [1.82, 2.24) is 4.98 Å². The number of aromatic amines is 1. The highest BCUT2D eigenvalue weighted by Crippen LogP contribution is 2.34. The van der Waals surface area contributed by atoms with Gasteiger partial charge in [-0.2, -0.15) is 0 Å². The summed E-state index contributed by atoms with van der Waals surface area (Å²) >= 11 is 0. The van der Waals surface area contributed by atoms with E-state index in [9.17, 15) is 4.79 Å². The van der Waals surface area contributed by atoms with Gasteiger partial charge in [0.15, 0.2) is 0 Å². The summed E-state index contributed by atoms with van der Waals surface area (Å²) in [7, 11) is 0. The second-order valence-electron chi connectivity index (χ2n) is 6.62. The molecule has 0 radical (unpaired) electrons. The zero-order valence-electron chi connectivity index (χ0n) is 15.4. The lowest BCUT2D eigenvalue weighted by atomic mass is 10.2. The van der Waals surface area contributed by atoms with Crippen molar-refractivity contribution < 1.29 is 14.3 Å². The zero-order chi connectivity index (χ0) is 19.5. The molecule has 0 unspecified atom stereocenters. The maximum Gasteiger partial charge on any atom is 0.265 e. The molecule has 1 aromatic heterocycles. The Labute approximate surface area is 162 Å². The number of carbonyl (C=O) groups is 1. The molecule has 0 saturated heterocycles. The van der Waals surface area contributed by atoms with Gasteiger partial charge in [0.1, 0.15) is 29.5 Å². The third kappa shape index (κ3) is 3.83. The van der Waals surface area contributed by atoms with Crippen molar-refractivity contribution in [3.63, 3.8) is 0 Å². The van der Waals surface area contributed by atoms with Gasteiger partial charge in [-0.1, -0.05) is 48.0 Å². The average Bonchev–Trinajstić information content (AvgIpc) is 3.13. The van der Waals surface area contributed by atoms with Crippen molar-refractivity contribution in [2.75, 3.05) is 0 Å². The normalized spacial score (nSPS) is 10.8. The molecule has 0 spiro atoms. The van der Waals surface area contributed by atoms with Crippen LogP contribution >= 0.6 is 0 Å². The number of carbonyl (C=O) groups excluding carboxylic acids is 1. The molecule has 5 nitrogen and oxygen atoms in total. The molecule has 0 aliphatic rings. The van der Waals surface area contributed by atoms with Crippen LogP contribution in [0.25, 0.3) is 10.9 Å². The van der Waals surface area contributed by atoms with E-state index in [1.807, 2.05) is 73.7 Å². The predicted molar refractivity (Wildman–Crippen MR) is 109 cm³/mol. The number of aryl methyl sites for hydroxylation is 1. The Balaban J connectivity index is 1.69. The number of H-pyrrole nitrogens is 1. The van der Waals surface area contributed by atoms with Crippen LogP contribution in [0.3, 0.4) is 0 Å². The van der Waals surface area contributed by atoms with Crippen LogP contribution in [0.15, 0.2) is 72.8 Å². The molecule has 4 aromatic rings. The summed E-state index contributed by atoms with van der Waals surface area (Å²) in [5.74, 6) is 1.42. The average molecular weight is 372 g/mol. The first-order chi connectivity index (χ1) is 13.6.